The number of sulfonamides is 1. The Balaban J connectivity index is 2.05. The van der Waals surface area contributed by atoms with Gasteiger partial charge in [0.05, 0.1) is 10.6 Å². The van der Waals surface area contributed by atoms with E-state index in [1.807, 2.05) is 64.1 Å². The molecule has 0 aliphatic heterocycles. The zero-order chi connectivity index (χ0) is 28.4. The molecule has 3 aromatic rings. The predicted molar refractivity (Wildman–Crippen MR) is 156 cm³/mol. The maximum atomic E-state index is 14.1. The molecule has 0 spiro atoms. The lowest BCUT2D eigenvalue weighted by molar-refractivity contribution is -0.140. The molecule has 208 valence electrons. The van der Waals surface area contributed by atoms with Gasteiger partial charge in [0.2, 0.25) is 11.8 Å². The molecule has 8 heteroatoms. The van der Waals surface area contributed by atoms with Crippen molar-refractivity contribution in [3.63, 3.8) is 0 Å². The van der Waals surface area contributed by atoms with Crippen LogP contribution in [0.25, 0.3) is 0 Å². The first-order valence-corrected chi connectivity index (χ1v) is 14.9. The van der Waals surface area contributed by atoms with Gasteiger partial charge >= 0.3 is 0 Å². The minimum absolute atomic E-state index is 0.0931. The van der Waals surface area contributed by atoms with Gasteiger partial charge in [-0.15, -0.1) is 0 Å². The average molecular weight is 550 g/mol. The molecule has 0 aliphatic rings. The second-order valence-corrected chi connectivity index (χ2v) is 11.4. The van der Waals surface area contributed by atoms with Gasteiger partial charge in [0.1, 0.15) is 12.6 Å². The van der Waals surface area contributed by atoms with Crippen molar-refractivity contribution in [1.29, 1.82) is 0 Å². The standard InChI is InChI=1S/C31H39N3O4S/c1-5-21-32-31(36)29(7-3)33(22-26-14-12-11-13-24(26)4)30(35)23-34(27-19-17-25(6-2)18-20-27)39(37,38)28-15-9-8-10-16-28/h8-20,29H,5-7,21-23H2,1-4H3,(H,32,36)/t29-/m0/s1. The number of carbonyl (C=O) groups is 2. The van der Waals surface area contributed by atoms with Gasteiger partial charge in [0.25, 0.3) is 10.0 Å². The molecule has 0 saturated heterocycles. The highest BCUT2D eigenvalue weighted by atomic mass is 32.2. The van der Waals surface area contributed by atoms with E-state index in [2.05, 4.69) is 5.32 Å². The number of nitrogens with zero attached hydrogens (tertiary/aromatic N) is 2. The SMILES string of the molecule is CCCNC(=O)[C@H](CC)N(Cc1ccccc1C)C(=O)CN(c1ccc(CC)cc1)S(=O)(=O)c1ccccc1. The molecule has 1 atom stereocenters. The Hall–Kier alpha value is -3.65. The van der Waals surface area contributed by atoms with Gasteiger partial charge in [-0.1, -0.05) is 75.4 Å². The fraction of sp³-hybridized carbons (Fsp3) is 0.355. The number of benzene rings is 3. The third-order valence-corrected chi connectivity index (χ3v) is 8.57. The Morgan fingerprint density at radius 1 is 0.872 bits per heavy atom. The van der Waals surface area contributed by atoms with E-state index in [1.54, 1.807) is 30.3 Å². The van der Waals surface area contributed by atoms with Crippen LogP contribution >= 0.6 is 0 Å². The first-order chi connectivity index (χ1) is 18.7. The molecule has 0 saturated carbocycles. The summed E-state index contributed by atoms with van der Waals surface area (Å²) in [4.78, 5) is 28.8. The molecule has 0 radical (unpaired) electrons. The van der Waals surface area contributed by atoms with Crippen molar-refractivity contribution < 1.29 is 18.0 Å². The van der Waals surface area contributed by atoms with E-state index in [-0.39, 0.29) is 17.3 Å². The monoisotopic (exact) mass is 549 g/mol. The number of rotatable bonds is 13. The van der Waals surface area contributed by atoms with Crippen LogP contribution in [0.2, 0.25) is 0 Å². The molecular weight excluding hydrogens is 510 g/mol. The van der Waals surface area contributed by atoms with Crippen LogP contribution in [0.4, 0.5) is 5.69 Å². The smallest absolute Gasteiger partial charge is 0.264 e. The molecule has 0 heterocycles. The van der Waals surface area contributed by atoms with Gasteiger partial charge in [-0.25, -0.2) is 8.42 Å². The molecule has 7 nitrogen and oxygen atoms in total. The largest absolute Gasteiger partial charge is 0.354 e. The molecule has 3 rings (SSSR count). The quantitative estimate of drug-likeness (QED) is 0.322. The van der Waals surface area contributed by atoms with Crippen molar-refractivity contribution in [2.75, 3.05) is 17.4 Å². The van der Waals surface area contributed by atoms with Crippen molar-refractivity contribution in [2.45, 2.75) is 64.4 Å². The number of hydrogen-bond donors (Lipinski definition) is 1. The van der Waals surface area contributed by atoms with Crippen LogP contribution in [-0.4, -0.2) is 44.3 Å². The molecular formula is C31H39N3O4S. The second kappa shape index (κ2) is 13.9. The van der Waals surface area contributed by atoms with E-state index in [1.165, 1.54) is 17.0 Å². The second-order valence-electron chi connectivity index (χ2n) is 9.51. The van der Waals surface area contributed by atoms with E-state index in [4.69, 9.17) is 0 Å². The number of carbonyl (C=O) groups excluding carboxylic acids is 2. The zero-order valence-corrected chi connectivity index (χ0v) is 24.1. The van der Waals surface area contributed by atoms with Crippen LogP contribution in [0, 0.1) is 6.92 Å². The summed E-state index contributed by atoms with van der Waals surface area (Å²) in [5.74, 6) is -0.693. The number of nitrogens with one attached hydrogen (secondary N) is 1. The van der Waals surface area contributed by atoms with Crippen molar-refractivity contribution in [1.82, 2.24) is 10.2 Å². The summed E-state index contributed by atoms with van der Waals surface area (Å²) in [6.07, 6.45) is 1.97. The molecule has 0 bridgehead atoms. The van der Waals surface area contributed by atoms with E-state index in [0.717, 1.165) is 33.8 Å². The lowest BCUT2D eigenvalue weighted by atomic mass is 10.1. The Bertz CT molecular complexity index is 1340. The van der Waals surface area contributed by atoms with Gasteiger partial charge in [0.15, 0.2) is 0 Å². The molecule has 0 aliphatic carbocycles. The Labute approximate surface area is 232 Å². The van der Waals surface area contributed by atoms with E-state index >= 15 is 0 Å². The van der Waals surface area contributed by atoms with Gasteiger partial charge in [-0.3, -0.25) is 13.9 Å². The first kappa shape index (κ1) is 29.9. The lowest BCUT2D eigenvalue weighted by Crippen LogP contribution is -2.52. The van der Waals surface area contributed by atoms with Crippen LogP contribution in [0.5, 0.6) is 0 Å². The summed E-state index contributed by atoms with van der Waals surface area (Å²) in [6.45, 7) is 8.06. The number of aryl methyl sites for hydroxylation is 2. The topological polar surface area (TPSA) is 86.8 Å². The molecule has 0 fully saturated rings. The zero-order valence-electron chi connectivity index (χ0n) is 23.3. The molecule has 3 aromatic carbocycles. The average Bonchev–Trinajstić information content (AvgIpc) is 2.96. The molecule has 1 N–H and O–H groups in total. The third kappa shape index (κ3) is 7.47. The lowest BCUT2D eigenvalue weighted by Gasteiger charge is -2.33. The van der Waals surface area contributed by atoms with Gasteiger partial charge < -0.3 is 10.2 Å². The highest BCUT2D eigenvalue weighted by molar-refractivity contribution is 7.92. The summed E-state index contributed by atoms with van der Waals surface area (Å²) in [7, 11) is -4.06. The molecule has 39 heavy (non-hydrogen) atoms. The maximum absolute atomic E-state index is 14.1. The minimum atomic E-state index is -4.06. The van der Waals surface area contributed by atoms with Crippen molar-refractivity contribution >= 4 is 27.5 Å². The minimum Gasteiger partial charge on any atom is -0.354 e. The van der Waals surface area contributed by atoms with Crippen LogP contribution < -0.4 is 9.62 Å². The molecule has 0 aromatic heterocycles. The fourth-order valence-electron chi connectivity index (χ4n) is 4.40. The normalized spacial score (nSPS) is 12.0. The maximum Gasteiger partial charge on any atom is 0.264 e. The van der Waals surface area contributed by atoms with Gasteiger partial charge in [-0.05, 0) is 67.1 Å². The van der Waals surface area contributed by atoms with E-state index in [9.17, 15) is 18.0 Å². The fourth-order valence-corrected chi connectivity index (χ4v) is 5.84. The Morgan fingerprint density at radius 3 is 2.10 bits per heavy atom. The van der Waals surface area contributed by atoms with Gasteiger partial charge in [0, 0.05) is 13.1 Å². The molecule has 0 unspecified atom stereocenters. The molecule has 2 amide bonds. The van der Waals surface area contributed by atoms with Crippen molar-refractivity contribution in [3.05, 3.63) is 95.6 Å². The van der Waals surface area contributed by atoms with Crippen LogP contribution in [-0.2, 0) is 32.6 Å². The van der Waals surface area contributed by atoms with E-state index in [0.29, 0.717) is 18.7 Å². The number of hydrogen-bond acceptors (Lipinski definition) is 4. The van der Waals surface area contributed by atoms with Crippen molar-refractivity contribution in [2.24, 2.45) is 0 Å². The first-order valence-electron chi connectivity index (χ1n) is 13.5. The van der Waals surface area contributed by atoms with E-state index < -0.39 is 28.5 Å². The summed E-state index contributed by atoms with van der Waals surface area (Å²) >= 11 is 0. The van der Waals surface area contributed by atoms with Crippen LogP contribution in [0.15, 0.2) is 83.8 Å². The van der Waals surface area contributed by atoms with Crippen molar-refractivity contribution in [3.8, 4) is 0 Å². The summed E-state index contributed by atoms with van der Waals surface area (Å²) in [5.41, 5.74) is 3.34. The van der Waals surface area contributed by atoms with Crippen LogP contribution in [0.3, 0.4) is 0 Å². The Morgan fingerprint density at radius 2 is 1.51 bits per heavy atom. The highest BCUT2D eigenvalue weighted by Gasteiger charge is 2.33. The van der Waals surface area contributed by atoms with Gasteiger partial charge in [-0.2, -0.15) is 0 Å². The third-order valence-electron chi connectivity index (χ3n) is 6.78. The number of amides is 2. The summed E-state index contributed by atoms with van der Waals surface area (Å²) < 4.78 is 28.8. The predicted octanol–water partition coefficient (Wildman–Crippen LogP) is 5.09. The highest BCUT2D eigenvalue weighted by Crippen LogP contribution is 2.25. The van der Waals surface area contributed by atoms with Crippen LogP contribution in [0.1, 0.15) is 50.3 Å². The number of anilines is 1. The summed E-state index contributed by atoms with van der Waals surface area (Å²) in [6, 6.07) is 22.2. The summed E-state index contributed by atoms with van der Waals surface area (Å²) in [5, 5.41) is 2.91. The Kier molecular flexibility index (Phi) is 10.7.